The lowest BCUT2D eigenvalue weighted by Gasteiger charge is -2.45. The maximum Gasteiger partial charge on any atom is 0.310 e. The van der Waals surface area contributed by atoms with Gasteiger partial charge in [-0.15, -0.1) is 0 Å². The molecule has 1 aliphatic carbocycles. The Morgan fingerprint density at radius 3 is 2.78 bits per heavy atom. The van der Waals surface area contributed by atoms with Gasteiger partial charge < -0.3 is 24.7 Å². The zero-order chi connectivity index (χ0) is 23.0. The lowest BCUT2D eigenvalue weighted by Crippen LogP contribution is -2.54. The highest BCUT2D eigenvalue weighted by Gasteiger charge is 2.50. The molecule has 1 saturated heterocycles. The standard InChI is InChI=1S/C23H29ClN2O6/c1-23(22(30)31)8-3-2-4-15(23)21(29)26-9-7-14-16(24)5-6-18(27)20(14)17(26)12-25-10-11-32-13-19(25)28/h5-6,15,17,27H,2-4,7-13H2,1H3,(H,30,31)/t15-,17+,23-/m0/s1. The molecule has 2 amide bonds. The maximum atomic E-state index is 13.8. The van der Waals surface area contributed by atoms with E-state index in [2.05, 4.69) is 0 Å². The smallest absolute Gasteiger partial charge is 0.310 e. The third-order valence-electron chi connectivity index (χ3n) is 7.34. The normalized spacial score (nSPS) is 28.4. The summed E-state index contributed by atoms with van der Waals surface area (Å²) in [4.78, 5) is 41.7. The molecule has 1 saturated carbocycles. The summed E-state index contributed by atoms with van der Waals surface area (Å²) >= 11 is 6.42. The number of halogens is 1. The van der Waals surface area contributed by atoms with E-state index < -0.39 is 23.3 Å². The lowest BCUT2D eigenvalue weighted by atomic mass is 9.66. The number of rotatable bonds is 4. The minimum Gasteiger partial charge on any atom is -0.508 e. The monoisotopic (exact) mass is 464 g/mol. The minimum atomic E-state index is -1.13. The molecular formula is C23H29ClN2O6. The Morgan fingerprint density at radius 1 is 1.28 bits per heavy atom. The number of aromatic hydroxyl groups is 1. The number of carboxylic acids is 1. The van der Waals surface area contributed by atoms with Gasteiger partial charge in [-0.3, -0.25) is 14.4 Å². The molecule has 32 heavy (non-hydrogen) atoms. The highest BCUT2D eigenvalue weighted by atomic mass is 35.5. The molecule has 8 nitrogen and oxygen atoms in total. The first kappa shape index (κ1) is 22.9. The van der Waals surface area contributed by atoms with Gasteiger partial charge in [-0.1, -0.05) is 24.4 Å². The largest absolute Gasteiger partial charge is 0.508 e. The van der Waals surface area contributed by atoms with E-state index in [-0.39, 0.29) is 30.7 Å². The number of morpholine rings is 1. The molecule has 0 unspecified atom stereocenters. The summed E-state index contributed by atoms with van der Waals surface area (Å²) in [6, 6.07) is 2.53. The number of carboxylic acid groups (broad SMARTS) is 1. The molecule has 0 spiro atoms. The Kier molecular flexibility index (Phi) is 6.36. The maximum absolute atomic E-state index is 13.8. The van der Waals surface area contributed by atoms with Gasteiger partial charge in [-0.25, -0.2) is 0 Å². The summed E-state index contributed by atoms with van der Waals surface area (Å²) in [6.07, 6.45) is 2.99. The van der Waals surface area contributed by atoms with Crippen molar-refractivity contribution in [3.05, 3.63) is 28.3 Å². The SMILES string of the molecule is C[C@]1(C(=O)O)CCCC[C@H]1C(=O)N1CCc2c(Cl)ccc(O)c2[C@H]1CN1CCOCC1=O. The molecule has 9 heteroatoms. The molecule has 3 atom stereocenters. The van der Waals surface area contributed by atoms with Gasteiger partial charge in [0.15, 0.2) is 0 Å². The summed E-state index contributed by atoms with van der Waals surface area (Å²) < 4.78 is 5.23. The van der Waals surface area contributed by atoms with E-state index in [1.54, 1.807) is 22.8 Å². The number of phenolic OH excluding ortho intramolecular Hbond substituents is 1. The summed E-state index contributed by atoms with van der Waals surface area (Å²) in [5.74, 6) is -1.99. The van der Waals surface area contributed by atoms with E-state index in [9.17, 15) is 24.6 Å². The molecule has 3 aliphatic rings. The average Bonchev–Trinajstić information content (AvgIpc) is 2.77. The molecule has 0 aromatic heterocycles. The predicted molar refractivity (Wildman–Crippen MR) is 116 cm³/mol. The van der Waals surface area contributed by atoms with Crippen molar-refractivity contribution < 1.29 is 29.3 Å². The van der Waals surface area contributed by atoms with E-state index in [1.165, 1.54) is 6.07 Å². The minimum absolute atomic E-state index is 0.0191. The zero-order valence-corrected chi connectivity index (χ0v) is 18.9. The van der Waals surface area contributed by atoms with Crippen LogP contribution in [-0.4, -0.2) is 70.6 Å². The van der Waals surface area contributed by atoms with Crippen molar-refractivity contribution in [1.29, 1.82) is 0 Å². The quantitative estimate of drug-likeness (QED) is 0.709. The molecule has 1 aromatic rings. The van der Waals surface area contributed by atoms with E-state index in [0.717, 1.165) is 18.4 Å². The summed E-state index contributed by atoms with van der Waals surface area (Å²) in [7, 11) is 0. The number of amides is 2. The van der Waals surface area contributed by atoms with Gasteiger partial charge in [-0.2, -0.15) is 0 Å². The van der Waals surface area contributed by atoms with Crippen LogP contribution in [0.25, 0.3) is 0 Å². The number of carbonyl (C=O) groups is 3. The summed E-state index contributed by atoms with van der Waals surface area (Å²) in [6.45, 7) is 2.99. The number of carbonyl (C=O) groups excluding carboxylic acids is 2. The molecular weight excluding hydrogens is 436 g/mol. The van der Waals surface area contributed by atoms with Crippen molar-refractivity contribution in [3.63, 3.8) is 0 Å². The predicted octanol–water partition coefficient (Wildman–Crippen LogP) is 2.61. The van der Waals surface area contributed by atoms with Gasteiger partial charge in [0, 0.05) is 30.2 Å². The van der Waals surface area contributed by atoms with Gasteiger partial charge in [0.1, 0.15) is 12.4 Å². The first-order chi connectivity index (χ1) is 15.2. The van der Waals surface area contributed by atoms with Crippen molar-refractivity contribution in [1.82, 2.24) is 9.80 Å². The van der Waals surface area contributed by atoms with Crippen LogP contribution < -0.4 is 0 Å². The Labute approximate surface area is 192 Å². The van der Waals surface area contributed by atoms with Crippen molar-refractivity contribution in [2.24, 2.45) is 11.3 Å². The van der Waals surface area contributed by atoms with Gasteiger partial charge in [0.25, 0.3) is 0 Å². The molecule has 2 fully saturated rings. The third kappa shape index (κ3) is 3.94. The number of phenols is 1. The number of aliphatic carboxylic acids is 1. The molecule has 2 heterocycles. The zero-order valence-electron chi connectivity index (χ0n) is 18.2. The van der Waals surface area contributed by atoms with Crippen LogP contribution in [0.2, 0.25) is 5.02 Å². The Morgan fingerprint density at radius 2 is 2.06 bits per heavy atom. The van der Waals surface area contributed by atoms with Crippen molar-refractivity contribution in [2.45, 2.75) is 45.1 Å². The second-order valence-corrected chi connectivity index (χ2v) is 9.58. The van der Waals surface area contributed by atoms with Crippen LogP contribution in [0, 0.1) is 11.3 Å². The highest BCUT2D eigenvalue weighted by molar-refractivity contribution is 6.31. The van der Waals surface area contributed by atoms with Crippen LogP contribution in [0.3, 0.4) is 0 Å². The van der Waals surface area contributed by atoms with Crippen LogP contribution in [0.1, 0.15) is 49.8 Å². The highest BCUT2D eigenvalue weighted by Crippen LogP contribution is 2.46. The van der Waals surface area contributed by atoms with Gasteiger partial charge in [0.05, 0.1) is 24.0 Å². The van der Waals surface area contributed by atoms with Crippen LogP contribution in [0.5, 0.6) is 5.75 Å². The molecule has 1 aromatic carbocycles. The molecule has 2 aliphatic heterocycles. The number of hydrogen-bond acceptors (Lipinski definition) is 5. The lowest BCUT2D eigenvalue weighted by molar-refractivity contribution is -0.163. The topological polar surface area (TPSA) is 107 Å². The van der Waals surface area contributed by atoms with Crippen LogP contribution in [0.4, 0.5) is 0 Å². The fourth-order valence-electron chi connectivity index (χ4n) is 5.39. The average molecular weight is 465 g/mol. The third-order valence-corrected chi connectivity index (χ3v) is 7.70. The second kappa shape index (κ2) is 8.90. The Bertz CT molecular complexity index is 937. The first-order valence-corrected chi connectivity index (χ1v) is 11.5. The van der Waals surface area contributed by atoms with Crippen LogP contribution >= 0.6 is 11.6 Å². The number of hydrogen-bond donors (Lipinski definition) is 2. The van der Waals surface area contributed by atoms with Gasteiger partial charge >= 0.3 is 5.97 Å². The Hall–Kier alpha value is -2.32. The van der Waals surface area contributed by atoms with Gasteiger partial charge in [0.2, 0.25) is 11.8 Å². The number of benzene rings is 1. The molecule has 0 radical (unpaired) electrons. The second-order valence-electron chi connectivity index (χ2n) is 9.17. The summed E-state index contributed by atoms with van der Waals surface area (Å²) in [5, 5.41) is 21.2. The van der Waals surface area contributed by atoms with Crippen molar-refractivity contribution in [3.8, 4) is 5.75 Å². The van der Waals surface area contributed by atoms with E-state index in [4.69, 9.17) is 16.3 Å². The molecule has 174 valence electrons. The first-order valence-electron chi connectivity index (χ1n) is 11.1. The van der Waals surface area contributed by atoms with Crippen molar-refractivity contribution in [2.75, 3.05) is 32.8 Å². The van der Waals surface area contributed by atoms with Crippen LogP contribution in [-0.2, 0) is 25.5 Å². The van der Waals surface area contributed by atoms with Crippen molar-refractivity contribution >= 4 is 29.4 Å². The van der Waals surface area contributed by atoms with E-state index in [0.29, 0.717) is 49.5 Å². The number of ether oxygens (including phenoxy) is 1. The number of nitrogens with zero attached hydrogens (tertiary/aromatic N) is 2. The fraction of sp³-hybridized carbons (Fsp3) is 0.609. The van der Waals surface area contributed by atoms with Gasteiger partial charge in [-0.05, 0) is 43.9 Å². The van der Waals surface area contributed by atoms with Crippen LogP contribution in [0.15, 0.2) is 12.1 Å². The molecule has 0 bridgehead atoms. The van der Waals surface area contributed by atoms with E-state index in [1.807, 2.05) is 0 Å². The summed E-state index contributed by atoms with van der Waals surface area (Å²) in [5.41, 5.74) is 0.181. The molecule has 2 N–H and O–H groups in total. The van der Waals surface area contributed by atoms with E-state index >= 15 is 0 Å². The number of fused-ring (bicyclic) bond motifs is 1. The molecule has 4 rings (SSSR count). The fourth-order valence-corrected chi connectivity index (χ4v) is 5.65. The Balaban J connectivity index is 1.72.